The minimum Gasteiger partial charge on any atom is -0.484 e. The van der Waals surface area contributed by atoms with Crippen LogP contribution < -0.4 is 15.4 Å². The van der Waals surface area contributed by atoms with E-state index in [-0.39, 0.29) is 18.4 Å². The molecule has 6 nitrogen and oxygen atoms in total. The lowest BCUT2D eigenvalue weighted by Crippen LogP contribution is -2.25. The summed E-state index contributed by atoms with van der Waals surface area (Å²) in [5, 5.41) is 6.23. The van der Waals surface area contributed by atoms with Crippen molar-refractivity contribution in [1.82, 2.24) is 5.32 Å². The molecule has 2 N–H and O–H groups in total. The molecule has 0 radical (unpaired) electrons. The molecule has 0 heterocycles. The minimum atomic E-state index is -0.317. The molecule has 0 unspecified atom stereocenters. The molecular formula is C21H25ClN2O4. The van der Waals surface area contributed by atoms with Gasteiger partial charge in [-0.1, -0.05) is 17.7 Å². The monoisotopic (exact) mass is 404 g/mol. The number of ether oxygens (including phenoxy) is 2. The second-order valence-electron chi connectivity index (χ2n) is 6.39. The molecule has 2 aromatic rings. The van der Waals surface area contributed by atoms with Crippen LogP contribution in [0.4, 0.5) is 5.69 Å². The van der Waals surface area contributed by atoms with Gasteiger partial charge in [0, 0.05) is 36.5 Å². The number of aryl methyl sites for hydroxylation is 2. The van der Waals surface area contributed by atoms with Crippen LogP contribution in [0.15, 0.2) is 36.4 Å². The van der Waals surface area contributed by atoms with Gasteiger partial charge in [-0.2, -0.15) is 0 Å². The molecule has 150 valence electrons. The summed E-state index contributed by atoms with van der Waals surface area (Å²) in [4.78, 5) is 24.3. The number of amides is 2. The van der Waals surface area contributed by atoms with Crippen LogP contribution in [0.1, 0.15) is 27.9 Å². The summed E-state index contributed by atoms with van der Waals surface area (Å²) < 4.78 is 10.5. The summed E-state index contributed by atoms with van der Waals surface area (Å²) in [6.45, 7) is 4.73. The lowest BCUT2D eigenvalue weighted by atomic mass is 10.1. The molecule has 0 saturated carbocycles. The normalized spacial score (nSPS) is 10.4. The first-order chi connectivity index (χ1) is 13.4. The zero-order valence-corrected chi connectivity index (χ0v) is 17.1. The van der Waals surface area contributed by atoms with E-state index >= 15 is 0 Å². The Balaban J connectivity index is 1.89. The Hall–Kier alpha value is -2.57. The highest BCUT2D eigenvalue weighted by Gasteiger charge is 2.09. The van der Waals surface area contributed by atoms with Crippen LogP contribution in [0.5, 0.6) is 5.75 Å². The quantitative estimate of drug-likeness (QED) is 0.624. The van der Waals surface area contributed by atoms with E-state index in [1.807, 2.05) is 13.8 Å². The van der Waals surface area contributed by atoms with Crippen LogP contribution in [-0.4, -0.2) is 38.7 Å². The summed E-state index contributed by atoms with van der Waals surface area (Å²) in [5.74, 6) is 0.0669. The molecule has 0 spiro atoms. The van der Waals surface area contributed by atoms with Gasteiger partial charge in [0.1, 0.15) is 5.75 Å². The van der Waals surface area contributed by atoms with E-state index < -0.39 is 0 Å². The Morgan fingerprint density at radius 3 is 2.50 bits per heavy atom. The summed E-state index contributed by atoms with van der Waals surface area (Å²) in [6, 6.07) is 10.3. The zero-order chi connectivity index (χ0) is 20.5. The van der Waals surface area contributed by atoms with Crippen molar-refractivity contribution in [3.63, 3.8) is 0 Å². The number of carbonyl (C=O) groups is 2. The molecule has 2 amide bonds. The maximum Gasteiger partial charge on any atom is 0.262 e. The average Bonchev–Trinajstić information content (AvgIpc) is 2.67. The Morgan fingerprint density at radius 2 is 1.82 bits per heavy atom. The van der Waals surface area contributed by atoms with Crippen LogP contribution in [0.2, 0.25) is 5.02 Å². The van der Waals surface area contributed by atoms with Crippen molar-refractivity contribution in [2.75, 3.05) is 32.2 Å². The molecule has 2 rings (SSSR count). The van der Waals surface area contributed by atoms with Gasteiger partial charge >= 0.3 is 0 Å². The first-order valence-corrected chi connectivity index (χ1v) is 9.35. The smallest absolute Gasteiger partial charge is 0.262 e. The minimum absolute atomic E-state index is 0.145. The van der Waals surface area contributed by atoms with Crippen molar-refractivity contribution in [3.8, 4) is 5.75 Å². The fraction of sp³-hybridized carbons (Fsp3) is 0.333. The Bertz CT molecular complexity index is 816. The van der Waals surface area contributed by atoms with Gasteiger partial charge in [-0.3, -0.25) is 9.59 Å². The van der Waals surface area contributed by atoms with Crippen LogP contribution >= 0.6 is 11.6 Å². The van der Waals surface area contributed by atoms with E-state index in [0.29, 0.717) is 35.2 Å². The first-order valence-electron chi connectivity index (χ1n) is 8.97. The number of carbonyl (C=O) groups excluding carboxylic acids is 2. The standard InChI is InChI=1S/C21H25ClN2O4/c1-14-10-18(11-15(2)20(14)22)28-13-19(25)24-17-7-4-6-16(12-17)21(26)23-8-5-9-27-3/h4,6-7,10-12H,5,8-9,13H2,1-3H3,(H,23,26)(H,24,25). The maximum atomic E-state index is 12.2. The predicted molar refractivity (Wildman–Crippen MR) is 110 cm³/mol. The number of halogens is 1. The highest BCUT2D eigenvalue weighted by molar-refractivity contribution is 6.32. The van der Waals surface area contributed by atoms with Gasteiger partial charge in [0.05, 0.1) is 0 Å². The summed E-state index contributed by atoms with van der Waals surface area (Å²) >= 11 is 6.13. The Morgan fingerprint density at radius 1 is 1.11 bits per heavy atom. The van der Waals surface area contributed by atoms with Crippen molar-refractivity contribution in [2.45, 2.75) is 20.3 Å². The molecule has 0 aliphatic rings. The van der Waals surface area contributed by atoms with Crippen LogP contribution in [0.3, 0.4) is 0 Å². The van der Waals surface area contributed by atoms with Crippen molar-refractivity contribution in [2.24, 2.45) is 0 Å². The maximum absolute atomic E-state index is 12.2. The van der Waals surface area contributed by atoms with Gasteiger partial charge in [-0.15, -0.1) is 0 Å². The predicted octanol–water partition coefficient (Wildman–Crippen LogP) is 3.74. The number of nitrogens with one attached hydrogen (secondary N) is 2. The van der Waals surface area contributed by atoms with Crippen molar-refractivity contribution in [3.05, 3.63) is 58.1 Å². The molecule has 0 aromatic heterocycles. The van der Waals surface area contributed by atoms with Crippen LogP contribution in [-0.2, 0) is 9.53 Å². The molecule has 7 heteroatoms. The van der Waals surface area contributed by atoms with Gasteiger partial charge in [0.25, 0.3) is 11.8 Å². The topological polar surface area (TPSA) is 76.7 Å². The number of benzene rings is 2. The largest absolute Gasteiger partial charge is 0.484 e. The molecular weight excluding hydrogens is 380 g/mol. The second-order valence-corrected chi connectivity index (χ2v) is 6.77. The molecule has 0 aliphatic heterocycles. The van der Waals surface area contributed by atoms with Crippen molar-refractivity contribution in [1.29, 1.82) is 0 Å². The van der Waals surface area contributed by atoms with Crippen LogP contribution in [0, 0.1) is 13.8 Å². The number of hydrogen-bond donors (Lipinski definition) is 2. The van der Waals surface area contributed by atoms with E-state index in [9.17, 15) is 9.59 Å². The van der Waals surface area contributed by atoms with E-state index in [2.05, 4.69) is 10.6 Å². The Labute approximate surface area is 170 Å². The fourth-order valence-electron chi connectivity index (χ4n) is 2.59. The van der Waals surface area contributed by atoms with E-state index in [1.54, 1.807) is 43.5 Å². The number of anilines is 1. The van der Waals surface area contributed by atoms with Gasteiger partial charge in [-0.25, -0.2) is 0 Å². The highest BCUT2D eigenvalue weighted by atomic mass is 35.5. The lowest BCUT2D eigenvalue weighted by molar-refractivity contribution is -0.118. The first kappa shape index (κ1) is 21.7. The van der Waals surface area contributed by atoms with Crippen molar-refractivity contribution >= 4 is 29.1 Å². The Kier molecular flexibility index (Phi) is 8.29. The van der Waals surface area contributed by atoms with Crippen LogP contribution in [0.25, 0.3) is 0 Å². The van der Waals surface area contributed by atoms with Crippen molar-refractivity contribution < 1.29 is 19.1 Å². The molecule has 0 bridgehead atoms. The summed E-state index contributed by atoms with van der Waals surface area (Å²) in [7, 11) is 1.62. The fourth-order valence-corrected chi connectivity index (χ4v) is 2.70. The molecule has 0 fully saturated rings. The van der Waals surface area contributed by atoms with Gasteiger partial charge in [-0.05, 0) is 61.7 Å². The molecule has 0 atom stereocenters. The summed E-state index contributed by atoms with van der Waals surface area (Å²) in [6.07, 6.45) is 0.736. The second kappa shape index (κ2) is 10.7. The third-order valence-corrected chi connectivity index (χ3v) is 4.60. The lowest BCUT2D eigenvalue weighted by Gasteiger charge is -2.11. The third-order valence-electron chi connectivity index (χ3n) is 4.00. The van der Waals surface area contributed by atoms with E-state index in [0.717, 1.165) is 17.5 Å². The van der Waals surface area contributed by atoms with Gasteiger partial charge in [0.2, 0.25) is 0 Å². The van der Waals surface area contributed by atoms with Gasteiger partial charge in [0.15, 0.2) is 6.61 Å². The zero-order valence-electron chi connectivity index (χ0n) is 16.3. The third kappa shape index (κ3) is 6.55. The molecule has 2 aromatic carbocycles. The molecule has 28 heavy (non-hydrogen) atoms. The molecule has 0 saturated heterocycles. The number of methoxy groups -OCH3 is 1. The van der Waals surface area contributed by atoms with E-state index in [4.69, 9.17) is 21.1 Å². The summed E-state index contributed by atoms with van der Waals surface area (Å²) in [5.41, 5.74) is 2.78. The number of rotatable bonds is 9. The highest BCUT2D eigenvalue weighted by Crippen LogP contribution is 2.25. The number of hydrogen-bond acceptors (Lipinski definition) is 4. The molecule has 0 aliphatic carbocycles. The van der Waals surface area contributed by atoms with Gasteiger partial charge < -0.3 is 20.1 Å². The average molecular weight is 405 g/mol. The van der Waals surface area contributed by atoms with E-state index in [1.165, 1.54) is 0 Å². The SMILES string of the molecule is COCCCNC(=O)c1cccc(NC(=O)COc2cc(C)c(Cl)c(C)c2)c1.